The van der Waals surface area contributed by atoms with Crippen LogP contribution >= 0.6 is 23.2 Å². The van der Waals surface area contributed by atoms with E-state index >= 15 is 0 Å². The van der Waals surface area contributed by atoms with Gasteiger partial charge in [-0.3, -0.25) is 0 Å². The number of alkyl halides is 3. The van der Waals surface area contributed by atoms with Crippen molar-refractivity contribution < 1.29 is 13.2 Å². The largest absolute Gasteiger partial charge is 0.416 e. The fourth-order valence-corrected chi connectivity index (χ4v) is 2.22. The average Bonchev–Trinajstić information content (AvgIpc) is 2.37. The van der Waals surface area contributed by atoms with E-state index in [1.54, 1.807) is 25.1 Å². The molecule has 1 N–H and O–H groups in total. The maximum atomic E-state index is 12.7. The Labute approximate surface area is 129 Å². The van der Waals surface area contributed by atoms with Crippen LogP contribution in [0.15, 0.2) is 36.4 Å². The number of halogens is 5. The normalized spacial score (nSPS) is 13.0. The molecule has 1 aromatic heterocycles. The topological polar surface area (TPSA) is 24.9 Å². The molecule has 0 fully saturated rings. The molecule has 0 aliphatic heterocycles. The van der Waals surface area contributed by atoms with Crippen LogP contribution in [-0.2, 0) is 6.18 Å². The van der Waals surface area contributed by atoms with Crippen LogP contribution in [0.5, 0.6) is 0 Å². The van der Waals surface area contributed by atoms with E-state index < -0.39 is 11.7 Å². The molecule has 0 amide bonds. The van der Waals surface area contributed by atoms with Crippen LogP contribution in [-0.4, -0.2) is 4.98 Å². The van der Waals surface area contributed by atoms with E-state index in [4.69, 9.17) is 23.2 Å². The van der Waals surface area contributed by atoms with Crippen molar-refractivity contribution in [1.82, 2.24) is 4.98 Å². The van der Waals surface area contributed by atoms with Gasteiger partial charge in [0.2, 0.25) is 0 Å². The third-order valence-electron chi connectivity index (χ3n) is 2.83. The van der Waals surface area contributed by atoms with Crippen molar-refractivity contribution in [3.63, 3.8) is 0 Å². The molecule has 2 nitrogen and oxygen atoms in total. The summed E-state index contributed by atoms with van der Waals surface area (Å²) in [6, 6.07) is 8.48. The number of nitrogens with one attached hydrogen (secondary N) is 1. The summed E-state index contributed by atoms with van der Waals surface area (Å²) in [6.07, 6.45) is -4.47. The first-order chi connectivity index (χ1) is 9.75. The predicted molar refractivity (Wildman–Crippen MR) is 77.7 cm³/mol. The van der Waals surface area contributed by atoms with Gasteiger partial charge in [-0.1, -0.05) is 35.3 Å². The van der Waals surface area contributed by atoms with Crippen molar-refractivity contribution in [2.45, 2.75) is 19.1 Å². The number of hydrogen-bond acceptors (Lipinski definition) is 2. The van der Waals surface area contributed by atoms with Gasteiger partial charge in [0.25, 0.3) is 0 Å². The number of anilines is 1. The summed E-state index contributed by atoms with van der Waals surface area (Å²) in [5, 5.41) is 3.22. The smallest absolute Gasteiger partial charge is 0.363 e. The molecular weight excluding hydrogens is 324 g/mol. The highest BCUT2D eigenvalue weighted by Gasteiger charge is 2.31. The molecule has 1 heterocycles. The van der Waals surface area contributed by atoms with Crippen LogP contribution < -0.4 is 5.32 Å². The fraction of sp³-hybridized carbons (Fsp3) is 0.214. The molecule has 112 valence electrons. The van der Waals surface area contributed by atoms with Crippen LogP contribution in [0.25, 0.3) is 0 Å². The van der Waals surface area contributed by atoms with Crippen molar-refractivity contribution >= 4 is 29.0 Å². The second-order valence-electron chi connectivity index (χ2n) is 4.48. The van der Waals surface area contributed by atoms with E-state index in [1.807, 2.05) is 6.07 Å². The molecule has 7 heteroatoms. The van der Waals surface area contributed by atoms with E-state index in [1.165, 1.54) is 0 Å². The number of pyridine rings is 1. The summed E-state index contributed by atoms with van der Waals surface area (Å²) in [4.78, 5) is 3.86. The number of hydrogen-bond donors (Lipinski definition) is 1. The Hall–Kier alpha value is -1.46. The van der Waals surface area contributed by atoms with Gasteiger partial charge in [-0.15, -0.1) is 0 Å². The minimum absolute atomic E-state index is 0.0577. The molecule has 0 bridgehead atoms. The number of benzene rings is 1. The lowest BCUT2D eigenvalue weighted by molar-refractivity contribution is -0.137. The first-order valence-electron chi connectivity index (χ1n) is 6.02. The molecule has 0 saturated carbocycles. The van der Waals surface area contributed by atoms with Gasteiger partial charge in [0.05, 0.1) is 5.56 Å². The Morgan fingerprint density at radius 3 is 2.48 bits per heavy atom. The Bertz CT molecular complexity index is 644. The van der Waals surface area contributed by atoms with E-state index in [0.29, 0.717) is 5.02 Å². The average molecular weight is 335 g/mol. The molecule has 2 aromatic rings. The van der Waals surface area contributed by atoms with Gasteiger partial charge >= 0.3 is 6.18 Å². The summed E-state index contributed by atoms with van der Waals surface area (Å²) in [6.45, 7) is 1.79. The van der Waals surface area contributed by atoms with Crippen molar-refractivity contribution in [3.8, 4) is 0 Å². The van der Waals surface area contributed by atoms with Gasteiger partial charge in [0, 0.05) is 11.1 Å². The lowest BCUT2D eigenvalue weighted by Gasteiger charge is -2.16. The van der Waals surface area contributed by atoms with Crippen LogP contribution in [0.1, 0.15) is 24.1 Å². The van der Waals surface area contributed by atoms with Crippen LogP contribution in [0.3, 0.4) is 0 Å². The summed E-state index contributed by atoms with van der Waals surface area (Å²) >= 11 is 11.5. The van der Waals surface area contributed by atoms with E-state index in [0.717, 1.165) is 17.7 Å². The molecule has 1 atom stereocenters. The standard InChI is InChI=1S/C14H11Cl2F3N2/c1-8(9-3-2-4-11(15)5-9)20-13-7-10(14(17,18)19)6-12(16)21-13/h2-8H,1H3,(H,20,21). The van der Waals surface area contributed by atoms with Crippen LogP contribution in [0, 0.1) is 0 Å². The van der Waals surface area contributed by atoms with Gasteiger partial charge in [0.15, 0.2) is 0 Å². The minimum atomic E-state index is -4.47. The third-order valence-corrected chi connectivity index (χ3v) is 3.26. The molecule has 1 aromatic carbocycles. The zero-order valence-electron chi connectivity index (χ0n) is 10.9. The predicted octanol–water partition coefficient (Wildman–Crippen LogP) is 5.58. The molecule has 0 aliphatic carbocycles. The van der Waals surface area contributed by atoms with Gasteiger partial charge in [-0.2, -0.15) is 13.2 Å². The second-order valence-corrected chi connectivity index (χ2v) is 5.31. The minimum Gasteiger partial charge on any atom is -0.363 e. The first-order valence-corrected chi connectivity index (χ1v) is 6.78. The van der Waals surface area contributed by atoms with Gasteiger partial charge in [0.1, 0.15) is 11.0 Å². The number of nitrogens with zero attached hydrogens (tertiary/aromatic N) is 1. The lowest BCUT2D eigenvalue weighted by atomic mass is 10.1. The molecule has 21 heavy (non-hydrogen) atoms. The van der Waals surface area contributed by atoms with Crippen molar-refractivity contribution in [2.75, 3.05) is 5.32 Å². The number of rotatable bonds is 3. The Balaban J connectivity index is 2.25. The number of aromatic nitrogens is 1. The highest BCUT2D eigenvalue weighted by Crippen LogP contribution is 2.32. The molecule has 2 rings (SSSR count). The SMILES string of the molecule is CC(Nc1cc(C(F)(F)F)cc(Cl)n1)c1cccc(Cl)c1. The summed E-state index contributed by atoms with van der Waals surface area (Å²) in [5.41, 5.74) is -0.0128. The molecule has 0 aliphatic rings. The van der Waals surface area contributed by atoms with Crippen molar-refractivity contribution in [1.29, 1.82) is 0 Å². The van der Waals surface area contributed by atoms with Gasteiger partial charge in [-0.25, -0.2) is 4.98 Å². The Morgan fingerprint density at radius 2 is 1.86 bits per heavy atom. The molecule has 0 radical (unpaired) electrons. The zero-order chi connectivity index (χ0) is 15.6. The maximum absolute atomic E-state index is 12.7. The first kappa shape index (κ1) is 15.9. The van der Waals surface area contributed by atoms with E-state index in [2.05, 4.69) is 10.3 Å². The molecular formula is C14H11Cl2F3N2. The summed E-state index contributed by atoms with van der Waals surface area (Å²) in [5.74, 6) is 0.0577. The van der Waals surface area contributed by atoms with Gasteiger partial charge in [-0.05, 0) is 36.8 Å². The monoisotopic (exact) mass is 334 g/mol. The third kappa shape index (κ3) is 4.25. The van der Waals surface area contributed by atoms with Crippen molar-refractivity contribution in [3.05, 3.63) is 57.7 Å². The van der Waals surface area contributed by atoms with E-state index in [-0.39, 0.29) is 17.0 Å². The maximum Gasteiger partial charge on any atom is 0.416 e. The van der Waals surface area contributed by atoms with Crippen LogP contribution in [0.2, 0.25) is 10.2 Å². The second kappa shape index (κ2) is 6.12. The lowest BCUT2D eigenvalue weighted by Crippen LogP contribution is -2.11. The molecule has 1 unspecified atom stereocenters. The zero-order valence-corrected chi connectivity index (χ0v) is 12.4. The van der Waals surface area contributed by atoms with Crippen molar-refractivity contribution in [2.24, 2.45) is 0 Å². The molecule has 0 spiro atoms. The van der Waals surface area contributed by atoms with E-state index in [9.17, 15) is 13.2 Å². The van der Waals surface area contributed by atoms with Crippen LogP contribution in [0.4, 0.5) is 19.0 Å². The summed E-state index contributed by atoms with van der Waals surface area (Å²) in [7, 11) is 0. The highest BCUT2D eigenvalue weighted by molar-refractivity contribution is 6.30. The quantitative estimate of drug-likeness (QED) is 0.741. The van der Waals surface area contributed by atoms with Gasteiger partial charge < -0.3 is 5.32 Å². The fourth-order valence-electron chi connectivity index (χ4n) is 1.82. The Morgan fingerprint density at radius 1 is 1.14 bits per heavy atom. The Kier molecular flexibility index (Phi) is 4.64. The summed E-state index contributed by atoms with van der Waals surface area (Å²) < 4.78 is 38.2. The molecule has 0 saturated heterocycles. The highest BCUT2D eigenvalue weighted by atomic mass is 35.5.